The lowest BCUT2D eigenvalue weighted by atomic mass is 10.2. The number of hydrogen-bond donors (Lipinski definition) is 1. The number of rotatable bonds is 6. The van der Waals surface area contributed by atoms with Gasteiger partial charge >= 0.3 is 0 Å². The zero-order chi connectivity index (χ0) is 22.0. The van der Waals surface area contributed by atoms with Crippen LogP contribution in [0, 0.1) is 6.92 Å². The summed E-state index contributed by atoms with van der Waals surface area (Å²) in [5.74, 6) is 0.598. The van der Waals surface area contributed by atoms with Gasteiger partial charge in [-0.05, 0) is 31.2 Å². The van der Waals surface area contributed by atoms with Crippen LogP contribution in [0.25, 0.3) is 16.9 Å². The molecule has 0 bridgehead atoms. The molecule has 4 aromatic rings. The Morgan fingerprint density at radius 2 is 1.87 bits per heavy atom. The summed E-state index contributed by atoms with van der Waals surface area (Å²) >= 11 is 0. The maximum absolute atomic E-state index is 12.8. The SMILES string of the molecule is COc1ccc(OC)c(NC(=O)Cn2cnc3c(nnn3-c3ccc(C)cc3)c2=O)c1. The van der Waals surface area contributed by atoms with Gasteiger partial charge in [-0.25, -0.2) is 4.98 Å². The van der Waals surface area contributed by atoms with Crippen molar-refractivity contribution in [3.8, 4) is 17.2 Å². The molecule has 0 radical (unpaired) electrons. The quantitative estimate of drug-likeness (QED) is 0.507. The third-order valence-corrected chi connectivity index (χ3v) is 4.70. The molecule has 0 saturated heterocycles. The molecule has 0 aliphatic heterocycles. The van der Waals surface area contributed by atoms with Crippen LogP contribution in [-0.2, 0) is 11.3 Å². The normalized spacial score (nSPS) is 10.8. The fourth-order valence-electron chi connectivity index (χ4n) is 3.07. The van der Waals surface area contributed by atoms with Crippen LogP contribution in [0.3, 0.4) is 0 Å². The third-order valence-electron chi connectivity index (χ3n) is 4.70. The summed E-state index contributed by atoms with van der Waals surface area (Å²) in [6.07, 6.45) is 1.31. The van der Waals surface area contributed by atoms with Gasteiger partial charge in [0.05, 0.1) is 25.6 Å². The van der Waals surface area contributed by atoms with E-state index in [0.29, 0.717) is 22.8 Å². The number of nitrogens with zero attached hydrogens (tertiary/aromatic N) is 5. The second-order valence-electron chi connectivity index (χ2n) is 6.80. The van der Waals surface area contributed by atoms with Crippen molar-refractivity contribution in [2.24, 2.45) is 0 Å². The Bertz CT molecular complexity index is 1310. The molecule has 10 heteroatoms. The smallest absolute Gasteiger partial charge is 0.284 e. The number of aryl methyl sites for hydroxylation is 1. The van der Waals surface area contributed by atoms with Gasteiger partial charge in [0, 0.05) is 6.07 Å². The Hall–Kier alpha value is -4.21. The standard InChI is InChI=1S/C21H20N6O4/c1-13-4-6-14(7-5-13)27-20-19(24-25-27)21(29)26(12-22-20)11-18(28)23-16-10-15(30-2)8-9-17(16)31-3/h4-10,12H,11H2,1-3H3,(H,23,28). The fourth-order valence-corrected chi connectivity index (χ4v) is 3.07. The Kier molecular flexibility index (Phi) is 5.35. The molecular formula is C21H20N6O4. The summed E-state index contributed by atoms with van der Waals surface area (Å²) in [6, 6.07) is 12.6. The first-order valence-electron chi connectivity index (χ1n) is 9.40. The van der Waals surface area contributed by atoms with Gasteiger partial charge in [0.15, 0.2) is 11.2 Å². The van der Waals surface area contributed by atoms with Gasteiger partial charge in [-0.2, -0.15) is 4.68 Å². The van der Waals surface area contributed by atoms with Crippen LogP contribution in [0.2, 0.25) is 0 Å². The monoisotopic (exact) mass is 420 g/mol. The lowest BCUT2D eigenvalue weighted by molar-refractivity contribution is -0.116. The second-order valence-corrected chi connectivity index (χ2v) is 6.80. The van der Waals surface area contributed by atoms with E-state index in [0.717, 1.165) is 11.3 Å². The number of ether oxygens (including phenoxy) is 2. The van der Waals surface area contributed by atoms with E-state index in [9.17, 15) is 9.59 Å². The molecule has 0 aliphatic rings. The molecule has 1 N–H and O–H groups in total. The van der Waals surface area contributed by atoms with Gasteiger partial charge in [0.25, 0.3) is 5.56 Å². The van der Waals surface area contributed by atoms with Gasteiger partial charge in [0.2, 0.25) is 5.91 Å². The average molecular weight is 420 g/mol. The lowest BCUT2D eigenvalue weighted by Crippen LogP contribution is -2.28. The highest BCUT2D eigenvalue weighted by Gasteiger charge is 2.16. The topological polar surface area (TPSA) is 113 Å². The van der Waals surface area contributed by atoms with E-state index in [2.05, 4.69) is 20.6 Å². The molecule has 0 spiro atoms. The Morgan fingerprint density at radius 1 is 1.10 bits per heavy atom. The van der Waals surface area contributed by atoms with Crippen molar-refractivity contribution in [1.82, 2.24) is 24.5 Å². The van der Waals surface area contributed by atoms with E-state index in [1.807, 2.05) is 31.2 Å². The predicted octanol–water partition coefficient (Wildman–Crippen LogP) is 1.94. The van der Waals surface area contributed by atoms with Crippen LogP contribution in [0.1, 0.15) is 5.56 Å². The largest absolute Gasteiger partial charge is 0.497 e. The molecule has 2 heterocycles. The molecule has 0 fully saturated rings. The molecule has 158 valence electrons. The van der Waals surface area contributed by atoms with Crippen LogP contribution in [-0.4, -0.2) is 44.7 Å². The molecule has 10 nitrogen and oxygen atoms in total. The molecule has 0 unspecified atom stereocenters. The predicted molar refractivity (Wildman–Crippen MR) is 114 cm³/mol. The van der Waals surface area contributed by atoms with E-state index >= 15 is 0 Å². The Labute approximate surface area is 177 Å². The summed E-state index contributed by atoms with van der Waals surface area (Å²) in [5.41, 5.74) is 2.20. The molecule has 0 atom stereocenters. The molecule has 0 saturated carbocycles. The summed E-state index contributed by atoms with van der Waals surface area (Å²) in [5, 5.41) is 10.7. The van der Waals surface area contributed by atoms with Crippen molar-refractivity contribution in [2.75, 3.05) is 19.5 Å². The lowest BCUT2D eigenvalue weighted by Gasteiger charge is -2.12. The van der Waals surface area contributed by atoms with Crippen molar-refractivity contribution in [1.29, 1.82) is 0 Å². The minimum Gasteiger partial charge on any atom is -0.497 e. The van der Waals surface area contributed by atoms with Gasteiger partial charge in [0.1, 0.15) is 24.4 Å². The molecule has 4 rings (SSSR count). The number of hydrogen-bond acceptors (Lipinski definition) is 7. The number of benzene rings is 2. The van der Waals surface area contributed by atoms with E-state index in [-0.39, 0.29) is 12.1 Å². The Morgan fingerprint density at radius 3 is 2.58 bits per heavy atom. The summed E-state index contributed by atoms with van der Waals surface area (Å²) in [6.45, 7) is 1.73. The molecule has 2 aromatic carbocycles. The van der Waals surface area contributed by atoms with E-state index in [1.54, 1.807) is 18.2 Å². The number of methoxy groups -OCH3 is 2. The summed E-state index contributed by atoms with van der Waals surface area (Å²) < 4.78 is 13.1. The maximum atomic E-state index is 12.8. The average Bonchev–Trinajstić information content (AvgIpc) is 3.21. The zero-order valence-electron chi connectivity index (χ0n) is 17.2. The van der Waals surface area contributed by atoms with Crippen molar-refractivity contribution < 1.29 is 14.3 Å². The number of carbonyl (C=O) groups excluding carboxylic acids is 1. The molecule has 1 amide bonds. The van der Waals surface area contributed by atoms with Crippen LogP contribution >= 0.6 is 0 Å². The number of carbonyl (C=O) groups is 1. The van der Waals surface area contributed by atoms with Crippen LogP contribution in [0.5, 0.6) is 11.5 Å². The number of anilines is 1. The summed E-state index contributed by atoms with van der Waals surface area (Å²) in [7, 11) is 3.02. The second kappa shape index (κ2) is 8.27. The molecule has 31 heavy (non-hydrogen) atoms. The van der Waals surface area contributed by atoms with Gasteiger partial charge < -0.3 is 14.8 Å². The zero-order valence-corrected chi connectivity index (χ0v) is 17.2. The highest BCUT2D eigenvalue weighted by molar-refractivity contribution is 5.92. The van der Waals surface area contributed by atoms with Gasteiger partial charge in [-0.1, -0.05) is 22.9 Å². The van der Waals surface area contributed by atoms with Crippen LogP contribution in [0.4, 0.5) is 5.69 Å². The van der Waals surface area contributed by atoms with E-state index in [4.69, 9.17) is 9.47 Å². The number of nitrogens with one attached hydrogen (secondary N) is 1. The van der Waals surface area contributed by atoms with Crippen molar-refractivity contribution in [3.63, 3.8) is 0 Å². The highest BCUT2D eigenvalue weighted by atomic mass is 16.5. The highest BCUT2D eigenvalue weighted by Crippen LogP contribution is 2.28. The van der Waals surface area contributed by atoms with Crippen molar-refractivity contribution >= 4 is 22.8 Å². The first-order chi connectivity index (χ1) is 15.0. The number of aromatic nitrogens is 5. The fraction of sp³-hybridized carbons (Fsp3) is 0.190. The maximum Gasteiger partial charge on any atom is 0.284 e. The molecule has 2 aromatic heterocycles. The third kappa shape index (κ3) is 3.95. The minimum atomic E-state index is -0.462. The Balaban J connectivity index is 1.60. The van der Waals surface area contributed by atoms with Crippen LogP contribution < -0.4 is 20.3 Å². The number of fused-ring (bicyclic) bond motifs is 1. The first-order valence-corrected chi connectivity index (χ1v) is 9.40. The molecular weight excluding hydrogens is 400 g/mol. The van der Waals surface area contributed by atoms with Crippen molar-refractivity contribution in [2.45, 2.75) is 13.5 Å². The van der Waals surface area contributed by atoms with Gasteiger partial charge in [-0.3, -0.25) is 14.2 Å². The van der Waals surface area contributed by atoms with E-state index < -0.39 is 11.5 Å². The minimum absolute atomic E-state index is 0.0786. The van der Waals surface area contributed by atoms with Gasteiger partial charge in [-0.15, -0.1) is 5.10 Å². The first kappa shape index (κ1) is 20.1. The summed E-state index contributed by atoms with van der Waals surface area (Å²) in [4.78, 5) is 29.7. The molecule has 0 aliphatic carbocycles. The number of amides is 1. The van der Waals surface area contributed by atoms with Crippen LogP contribution in [0.15, 0.2) is 53.6 Å². The van der Waals surface area contributed by atoms with E-state index in [1.165, 1.54) is 29.8 Å². The van der Waals surface area contributed by atoms with Crippen molar-refractivity contribution in [3.05, 3.63) is 64.7 Å².